The van der Waals surface area contributed by atoms with Gasteiger partial charge < -0.3 is 98.4 Å². The Bertz CT molecular complexity index is 5130. The van der Waals surface area contributed by atoms with Gasteiger partial charge in [0.05, 0.1) is 31.8 Å². The maximum absolute atomic E-state index is 15.6. The molecular formula is C93H117BrN16O19S. The van der Waals surface area contributed by atoms with E-state index in [1.54, 1.807) is 143 Å². The maximum atomic E-state index is 15.6. The van der Waals surface area contributed by atoms with E-state index in [1.165, 1.54) is 93.6 Å². The number of nitrogens with two attached hydrogens (primary N) is 1. The number of unbranched alkanes of at least 4 members (excludes halogenated alkanes) is 1. The number of likely N-dealkylation sites (N-methyl/N-ethyl adjacent to an activating group) is 5. The van der Waals surface area contributed by atoms with E-state index in [9.17, 15) is 53.7 Å². The van der Waals surface area contributed by atoms with Crippen LogP contribution in [-0.4, -0.2) is 272 Å². The van der Waals surface area contributed by atoms with Gasteiger partial charge in [-0.1, -0.05) is 179 Å². The van der Waals surface area contributed by atoms with E-state index in [2.05, 4.69) is 68.8 Å². The van der Waals surface area contributed by atoms with E-state index in [4.69, 9.17) is 5.73 Å². The van der Waals surface area contributed by atoms with Gasteiger partial charge in [0.1, 0.15) is 78.0 Å². The van der Waals surface area contributed by atoms with Crippen molar-refractivity contribution >= 4 is 133 Å². The number of hydrogen-bond acceptors (Lipinski definition) is 19. The summed E-state index contributed by atoms with van der Waals surface area (Å²) in [5, 5.41) is 55.6. The van der Waals surface area contributed by atoms with Crippen molar-refractivity contribution in [2.75, 3.05) is 66.4 Å². The fourth-order valence-electron chi connectivity index (χ4n) is 15.0. The Morgan fingerprint density at radius 3 is 1.48 bits per heavy atom. The number of aromatic nitrogens is 1. The Kier molecular flexibility index (Phi) is 38.8. The minimum atomic E-state index is -1.91. The number of carboxylic acid groups (broad SMARTS) is 1. The summed E-state index contributed by atoms with van der Waals surface area (Å²) in [6, 6.07) is 25.4. The van der Waals surface area contributed by atoms with Crippen molar-refractivity contribution in [3.63, 3.8) is 0 Å². The number of aromatic hydroxyl groups is 2. The number of aliphatic carboxylic acids is 1. The Morgan fingerprint density at radius 1 is 0.477 bits per heavy atom. The second-order valence-electron chi connectivity index (χ2n) is 33.2. The normalized spacial score (nSPS) is 21.8. The van der Waals surface area contributed by atoms with E-state index in [0.717, 1.165) is 26.5 Å². The van der Waals surface area contributed by atoms with Gasteiger partial charge in [-0.05, 0) is 101 Å². The Labute approximate surface area is 767 Å². The van der Waals surface area contributed by atoms with Crippen molar-refractivity contribution in [3.05, 3.63) is 202 Å². The molecule has 0 aliphatic carbocycles. The first-order chi connectivity index (χ1) is 61.8. The van der Waals surface area contributed by atoms with Crippen LogP contribution >= 0.6 is 27.7 Å². The molecule has 0 saturated carbocycles. The quantitative estimate of drug-likeness (QED) is 0.0437. The molecule has 11 unspecified atom stereocenters. The van der Waals surface area contributed by atoms with Gasteiger partial charge in [0, 0.05) is 101 Å². The van der Waals surface area contributed by atoms with E-state index in [0.29, 0.717) is 61.6 Å². The molecule has 1 aromatic heterocycles. The molecule has 35 nitrogen and oxygen atoms in total. The summed E-state index contributed by atoms with van der Waals surface area (Å²) in [5.74, 6) is -17.5. The van der Waals surface area contributed by atoms with Crippen LogP contribution in [0.25, 0.3) is 10.9 Å². The van der Waals surface area contributed by atoms with Crippen molar-refractivity contribution in [1.29, 1.82) is 0 Å². The molecule has 1 saturated heterocycles. The van der Waals surface area contributed by atoms with Gasteiger partial charge in [-0.3, -0.25) is 76.7 Å². The highest BCUT2D eigenvalue weighted by atomic mass is 79.9. The number of hydrogen-bond donors (Lipinski definition) is 14. The lowest BCUT2D eigenvalue weighted by atomic mass is 9.98. The second-order valence-corrected chi connectivity index (χ2v) is 35.1. The third-order valence-corrected chi connectivity index (χ3v) is 23.7. The predicted molar refractivity (Wildman–Crippen MR) is 490 cm³/mol. The summed E-state index contributed by atoms with van der Waals surface area (Å²) in [6.07, 6.45) is 0.0403. The van der Waals surface area contributed by atoms with Crippen molar-refractivity contribution in [2.45, 2.75) is 172 Å². The number of H-pyrrole nitrogens is 1. The van der Waals surface area contributed by atoms with Crippen LogP contribution in [0.1, 0.15) is 100 Å². The molecule has 1 aliphatic rings. The maximum Gasteiger partial charge on any atom is 0.305 e. The zero-order valence-electron chi connectivity index (χ0n) is 74.4. The van der Waals surface area contributed by atoms with Gasteiger partial charge >= 0.3 is 5.97 Å². The van der Waals surface area contributed by atoms with Crippen LogP contribution in [0.3, 0.4) is 0 Å². The lowest BCUT2D eigenvalue weighted by Crippen LogP contribution is -2.61. The fourth-order valence-corrected chi connectivity index (χ4v) is 16.1. The first-order valence-electron chi connectivity index (χ1n) is 42.8. The third-order valence-electron chi connectivity index (χ3n) is 22.1. The van der Waals surface area contributed by atoms with Crippen LogP contribution in [-0.2, 0) is 115 Å². The standard InChI is InChI=1S/C93H117BrN16O19S/c1-11-12-27-74-91(127)107(7)51-79(115)99-70(47-81(117)118)87(123)105-82(55(4)5)93(129)109(9)75(44-56-21-15-13-16-22-56)88(124)103-71(42-60-32-38-64(112)39-33-60)89(125)106(6)50-78(114)98-69(46-61-48-96-66-26-20-19-25-65(61)66)86(122)102-68(41-59-30-36-63(111)37-31-59)85(121)101-67(40-54(2)3)84(120)104-73(83(119)97-49-77(95)113)52-130-53-80(116)100-72(43-58-28-34-62(94)35-29-58)90(126)110(10)76(92(128)108(74)8)45-57-23-17-14-18-24-57/h13-26,28-39,48,54-55,67-76,82,96,111-112H,11-12,27,40-47,49-53H2,1-10H3,(H2,95,113)(H,97,119)(H,98,114)(H,99,115)(H,100,116)(H,101,121)(H,102,122)(H,103,124)(H,104,120)(H,105,123)(H,117,118). The van der Waals surface area contributed by atoms with Gasteiger partial charge in [-0.2, -0.15) is 0 Å². The first kappa shape index (κ1) is 102. The Hall–Kier alpha value is -13.2. The lowest BCUT2D eigenvalue weighted by Gasteiger charge is -2.37. The van der Waals surface area contributed by atoms with E-state index in [1.807, 2.05) is 6.92 Å². The zero-order valence-corrected chi connectivity index (χ0v) is 76.8. The minimum Gasteiger partial charge on any atom is -0.508 e. The van der Waals surface area contributed by atoms with Gasteiger partial charge in [-0.15, -0.1) is 11.8 Å². The summed E-state index contributed by atoms with van der Waals surface area (Å²) in [7, 11) is 6.53. The van der Waals surface area contributed by atoms with E-state index >= 15 is 38.4 Å². The number of carbonyl (C=O) groups excluding carboxylic acids is 15. The molecule has 15 amide bonds. The molecule has 1 aliphatic heterocycles. The zero-order chi connectivity index (χ0) is 95.2. The molecule has 1 fully saturated rings. The number of halogens is 1. The van der Waals surface area contributed by atoms with Gasteiger partial charge in [0.15, 0.2) is 0 Å². The topological polar surface area (TPSA) is 500 Å². The summed E-state index contributed by atoms with van der Waals surface area (Å²) in [4.78, 5) is 244. The number of carbonyl (C=O) groups is 16. The minimum absolute atomic E-state index is 0.0255. The molecule has 8 rings (SSSR count). The highest BCUT2D eigenvalue weighted by Crippen LogP contribution is 2.25. The summed E-state index contributed by atoms with van der Waals surface area (Å²) in [5.41, 5.74) is 9.09. The molecule has 0 bridgehead atoms. The van der Waals surface area contributed by atoms with Gasteiger partial charge in [0.2, 0.25) is 88.6 Å². The smallest absolute Gasteiger partial charge is 0.305 e. The van der Waals surface area contributed by atoms with Crippen LogP contribution in [0.2, 0.25) is 0 Å². The van der Waals surface area contributed by atoms with Gasteiger partial charge in [0.25, 0.3) is 0 Å². The molecule has 130 heavy (non-hydrogen) atoms. The summed E-state index contributed by atoms with van der Waals surface area (Å²) < 4.78 is 0.687. The van der Waals surface area contributed by atoms with Crippen molar-refractivity contribution < 1.29 is 92.0 Å². The van der Waals surface area contributed by atoms with Crippen LogP contribution in [0, 0.1) is 11.8 Å². The molecule has 2 heterocycles. The summed E-state index contributed by atoms with van der Waals surface area (Å²) in [6.45, 7) is 6.16. The average Bonchev–Trinajstić information content (AvgIpc) is 1.33. The molecule has 0 radical (unpaired) electrons. The van der Waals surface area contributed by atoms with Gasteiger partial charge in [-0.25, -0.2) is 0 Å². The SMILES string of the molecule is CCCCC1C(=O)N(C)CC(=O)NC(CC(=O)O)C(=O)NC(C(C)C)C(=O)N(C)C(Cc2ccccc2)C(=O)NC(Cc2ccc(O)cc2)C(=O)N(C)CC(=O)NC(Cc2c[nH]c3ccccc23)C(=O)NC(Cc2ccc(O)cc2)C(=O)NC(CC(C)C)C(=O)NC(C(=O)NCC(N)=O)CSCC(=O)NC(Cc2ccc(Br)cc2)C(=O)N(C)C(Cc2ccccc2)C(=O)N1C. The van der Waals surface area contributed by atoms with E-state index < -0.39 is 205 Å². The second kappa shape index (κ2) is 49.4. The number of benzene rings is 6. The highest BCUT2D eigenvalue weighted by molar-refractivity contribution is 9.10. The Balaban J connectivity index is 1.22. The largest absolute Gasteiger partial charge is 0.508 e. The number of aromatic amines is 1. The first-order valence-corrected chi connectivity index (χ1v) is 44.7. The van der Waals surface area contributed by atoms with Crippen LogP contribution in [0.5, 0.6) is 11.5 Å². The number of nitrogens with one attached hydrogen (secondary N) is 10. The monoisotopic (exact) mass is 1870 g/mol. The van der Waals surface area contributed by atoms with Crippen LogP contribution in [0.15, 0.2) is 168 Å². The number of nitrogens with zero attached hydrogens (tertiary/aromatic N) is 5. The van der Waals surface area contributed by atoms with E-state index in [-0.39, 0.29) is 68.8 Å². The molecular weight excluding hydrogens is 1760 g/mol. The number of fused-ring (bicyclic) bond motifs is 1. The average molecular weight is 1880 g/mol. The number of para-hydroxylation sites is 1. The number of phenolic OH excluding ortho intramolecular Hbond substituents is 2. The van der Waals surface area contributed by atoms with Crippen molar-refractivity contribution in [3.8, 4) is 11.5 Å². The number of amides is 15. The third kappa shape index (κ3) is 30.8. The number of carboxylic acids is 1. The Morgan fingerprint density at radius 2 is 0.931 bits per heavy atom. The molecule has 15 N–H and O–H groups in total. The number of rotatable bonds is 23. The number of primary amides is 1. The number of phenols is 2. The number of thioether (sulfide) groups is 1. The van der Waals surface area contributed by atoms with Crippen LogP contribution < -0.4 is 53.6 Å². The molecule has 37 heteroatoms. The van der Waals surface area contributed by atoms with Crippen molar-refractivity contribution in [1.82, 2.24) is 77.3 Å². The molecule has 696 valence electrons. The fraction of sp³-hybridized carbons (Fsp3) is 0.419. The molecule has 11 atom stereocenters. The lowest BCUT2D eigenvalue weighted by molar-refractivity contribution is -0.151. The summed E-state index contributed by atoms with van der Waals surface area (Å²) >= 11 is 4.27. The van der Waals surface area contributed by atoms with Crippen molar-refractivity contribution in [2.24, 2.45) is 17.6 Å². The highest BCUT2D eigenvalue weighted by Gasteiger charge is 2.42. The molecule has 7 aromatic rings. The molecule has 0 spiro atoms. The van der Waals surface area contributed by atoms with Crippen LogP contribution in [0.4, 0.5) is 0 Å². The predicted octanol–water partition coefficient (Wildman–Crippen LogP) is 3.09. The molecule has 6 aromatic carbocycles.